The zero-order valence-electron chi connectivity index (χ0n) is 7.24. The van der Waals surface area contributed by atoms with Gasteiger partial charge in [0.25, 0.3) is 5.91 Å². The normalized spacial score (nSPS) is 21.9. The molecule has 1 saturated heterocycles. The molecule has 6 nitrogen and oxygen atoms in total. The average molecular weight is 185 g/mol. The number of amides is 4. The molecule has 1 heterocycles. The highest BCUT2D eigenvalue weighted by Gasteiger charge is 2.37. The number of imide groups is 1. The van der Waals surface area contributed by atoms with E-state index in [0.717, 1.165) is 4.90 Å². The maximum atomic E-state index is 11.3. The SMILES string of the molecule is CCC1NC(=O)N(CC(N)=O)C1=O. The van der Waals surface area contributed by atoms with Crippen LogP contribution in [0.4, 0.5) is 4.79 Å². The standard InChI is InChI=1S/C7H11N3O3/c1-2-4-6(12)10(3-5(8)11)7(13)9-4/h4H,2-3H2,1H3,(H2,8,11)(H,9,13). The minimum Gasteiger partial charge on any atom is -0.368 e. The number of nitrogens with two attached hydrogens (primary N) is 1. The smallest absolute Gasteiger partial charge is 0.325 e. The van der Waals surface area contributed by atoms with Gasteiger partial charge in [0, 0.05) is 0 Å². The molecule has 0 aliphatic carbocycles. The van der Waals surface area contributed by atoms with Gasteiger partial charge in [0.05, 0.1) is 0 Å². The van der Waals surface area contributed by atoms with E-state index in [4.69, 9.17) is 5.73 Å². The number of rotatable bonds is 3. The Morgan fingerprint density at radius 3 is 2.62 bits per heavy atom. The Labute approximate surface area is 75.1 Å². The van der Waals surface area contributed by atoms with Gasteiger partial charge in [-0.05, 0) is 6.42 Å². The van der Waals surface area contributed by atoms with Gasteiger partial charge in [-0.1, -0.05) is 6.92 Å². The summed E-state index contributed by atoms with van der Waals surface area (Å²) in [6.45, 7) is 1.43. The van der Waals surface area contributed by atoms with Crippen LogP contribution in [-0.4, -0.2) is 35.3 Å². The van der Waals surface area contributed by atoms with Gasteiger partial charge < -0.3 is 11.1 Å². The van der Waals surface area contributed by atoms with Crippen LogP contribution in [0.15, 0.2) is 0 Å². The van der Waals surface area contributed by atoms with Crippen LogP contribution in [0.25, 0.3) is 0 Å². The fourth-order valence-electron chi connectivity index (χ4n) is 1.16. The topological polar surface area (TPSA) is 92.5 Å². The average Bonchev–Trinajstić information content (AvgIpc) is 2.31. The molecule has 1 unspecified atom stereocenters. The summed E-state index contributed by atoms with van der Waals surface area (Å²) in [5, 5.41) is 2.44. The Kier molecular flexibility index (Phi) is 2.50. The van der Waals surface area contributed by atoms with Crippen molar-refractivity contribution < 1.29 is 14.4 Å². The van der Waals surface area contributed by atoms with Crippen molar-refractivity contribution in [3.05, 3.63) is 0 Å². The molecule has 1 aliphatic heterocycles. The highest BCUT2D eigenvalue weighted by Crippen LogP contribution is 2.07. The number of nitrogens with one attached hydrogen (secondary N) is 1. The Bertz CT molecular complexity index is 264. The van der Waals surface area contributed by atoms with Gasteiger partial charge in [-0.15, -0.1) is 0 Å². The lowest BCUT2D eigenvalue weighted by Crippen LogP contribution is -2.38. The van der Waals surface area contributed by atoms with Gasteiger partial charge >= 0.3 is 6.03 Å². The molecule has 0 radical (unpaired) electrons. The van der Waals surface area contributed by atoms with Crippen molar-refractivity contribution in [1.82, 2.24) is 10.2 Å². The number of carbonyl (C=O) groups is 3. The largest absolute Gasteiger partial charge is 0.368 e. The predicted molar refractivity (Wildman–Crippen MR) is 43.5 cm³/mol. The van der Waals surface area contributed by atoms with E-state index in [1.54, 1.807) is 6.92 Å². The van der Waals surface area contributed by atoms with E-state index in [1.807, 2.05) is 0 Å². The van der Waals surface area contributed by atoms with Gasteiger partial charge in [0.1, 0.15) is 12.6 Å². The summed E-state index contributed by atoms with van der Waals surface area (Å²) in [5.74, 6) is -1.08. The van der Waals surface area contributed by atoms with Crippen LogP contribution >= 0.6 is 0 Å². The molecule has 6 heteroatoms. The van der Waals surface area contributed by atoms with Crippen LogP contribution in [0.3, 0.4) is 0 Å². The number of primary amides is 1. The Hall–Kier alpha value is -1.59. The molecule has 0 aromatic rings. The molecule has 1 aliphatic rings. The van der Waals surface area contributed by atoms with Crippen LogP contribution in [0.2, 0.25) is 0 Å². The van der Waals surface area contributed by atoms with Crippen LogP contribution < -0.4 is 11.1 Å². The molecular weight excluding hydrogens is 174 g/mol. The van der Waals surface area contributed by atoms with E-state index in [0.29, 0.717) is 6.42 Å². The molecular formula is C7H11N3O3. The predicted octanol–water partition coefficient (Wildman–Crippen LogP) is -1.20. The Balaban J connectivity index is 2.70. The third kappa shape index (κ3) is 1.77. The lowest BCUT2D eigenvalue weighted by atomic mass is 10.2. The second kappa shape index (κ2) is 3.42. The molecule has 1 atom stereocenters. The van der Waals surface area contributed by atoms with Gasteiger partial charge in [-0.3, -0.25) is 14.5 Å². The van der Waals surface area contributed by atoms with Crippen molar-refractivity contribution in [3.63, 3.8) is 0 Å². The maximum absolute atomic E-state index is 11.3. The zero-order valence-corrected chi connectivity index (χ0v) is 7.24. The summed E-state index contributed by atoms with van der Waals surface area (Å²) in [4.78, 5) is 33.7. The van der Waals surface area contributed by atoms with E-state index < -0.39 is 18.0 Å². The van der Waals surface area contributed by atoms with E-state index in [-0.39, 0.29) is 12.5 Å². The van der Waals surface area contributed by atoms with Crippen LogP contribution in [0.5, 0.6) is 0 Å². The molecule has 1 fully saturated rings. The molecule has 13 heavy (non-hydrogen) atoms. The van der Waals surface area contributed by atoms with Gasteiger partial charge in [-0.25, -0.2) is 4.79 Å². The molecule has 3 N–H and O–H groups in total. The summed E-state index contributed by atoms with van der Waals surface area (Å²) >= 11 is 0. The van der Waals surface area contributed by atoms with Gasteiger partial charge in [0.2, 0.25) is 5.91 Å². The van der Waals surface area contributed by atoms with Crippen molar-refractivity contribution in [2.75, 3.05) is 6.54 Å². The van der Waals surface area contributed by atoms with E-state index in [9.17, 15) is 14.4 Å². The Morgan fingerprint density at radius 2 is 2.23 bits per heavy atom. The van der Waals surface area contributed by atoms with Crippen LogP contribution in [0.1, 0.15) is 13.3 Å². The summed E-state index contributed by atoms with van der Waals surface area (Å²) in [6.07, 6.45) is 0.514. The lowest BCUT2D eigenvalue weighted by molar-refractivity contribution is -0.131. The molecule has 0 aromatic heterocycles. The molecule has 0 spiro atoms. The Morgan fingerprint density at radius 1 is 1.62 bits per heavy atom. The third-order valence-electron chi connectivity index (χ3n) is 1.83. The van der Waals surface area contributed by atoms with E-state index in [2.05, 4.69) is 5.32 Å². The quantitative estimate of drug-likeness (QED) is 0.541. The van der Waals surface area contributed by atoms with Crippen molar-refractivity contribution in [2.24, 2.45) is 5.73 Å². The highest BCUT2D eigenvalue weighted by molar-refractivity contribution is 6.06. The fourth-order valence-corrected chi connectivity index (χ4v) is 1.16. The third-order valence-corrected chi connectivity index (χ3v) is 1.83. The van der Waals surface area contributed by atoms with Crippen LogP contribution in [0, 0.1) is 0 Å². The molecule has 72 valence electrons. The first-order valence-electron chi connectivity index (χ1n) is 3.96. The van der Waals surface area contributed by atoms with E-state index in [1.165, 1.54) is 0 Å². The van der Waals surface area contributed by atoms with Crippen molar-refractivity contribution in [1.29, 1.82) is 0 Å². The summed E-state index contributed by atoms with van der Waals surface area (Å²) in [7, 11) is 0. The first-order valence-corrected chi connectivity index (χ1v) is 3.96. The highest BCUT2D eigenvalue weighted by atomic mass is 16.2. The molecule has 0 aromatic carbocycles. The van der Waals surface area contributed by atoms with Crippen LogP contribution in [-0.2, 0) is 9.59 Å². The molecule has 0 bridgehead atoms. The van der Waals surface area contributed by atoms with Crippen molar-refractivity contribution in [2.45, 2.75) is 19.4 Å². The lowest BCUT2D eigenvalue weighted by Gasteiger charge is -2.08. The van der Waals surface area contributed by atoms with Crippen molar-refractivity contribution in [3.8, 4) is 0 Å². The summed E-state index contributed by atoms with van der Waals surface area (Å²) in [6, 6.07) is -1.05. The molecule has 0 saturated carbocycles. The number of urea groups is 1. The monoisotopic (exact) mass is 185 g/mol. The van der Waals surface area contributed by atoms with Gasteiger partial charge in [0.15, 0.2) is 0 Å². The first-order chi connectivity index (χ1) is 6.06. The fraction of sp³-hybridized carbons (Fsp3) is 0.571. The number of nitrogens with zero attached hydrogens (tertiary/aromatic N) is 1. The summed E-state index contributed by atoms with van der Waals surface area (Å²) in [5.41, 5.74) is 4.87. The van der Waals surface area contributed by atoms with E-state index >= 15 is 0 Å². The zero-order chi connectivity index (χ0) is 10.0. The maximum Gasteiger partial charge on any atom is 0.325 e. The number of carbonyl (C=O) groups excluding carboxylic acids is 3. The van der Waals surface area contributed by atoms with Gasteiger partial charge in [-0.2, -0.15) is 0 Å². The number of hydrogen-bond donors (Lipinski definition) is 2. The minimum atomic E-state index is -0.694. The second-order valence-corrected chi connectivity index (χ2v) is 2.80. The molecule has 1 rings (SSSR count). The minimum absolute atomic E-state index is 0.346. The first kappa shape index (κ1) is 9.50. The second-order valence-electron chi connectivity index (χ2n) is 2.80. The number of hydrogen-bond acceptors (Lipinski definition) is 3. The molecule has 4 amide bonds. The van der Waals surface area contributed by atoms with Crippen molar-refractivity contribution >= 4 is 17.8 Å². The summed E-state index contributed by atoms with van der Waals surface area (Å²) < 4.78 is 0.